The van der Waals surface area contributed by atoms with Crippen LogP contribution in [0.25, 0.3) is 0 Å². The first-order chi connectivity index (χ1) is 13.6. The van der Waals surface area contributed by atoms with Gasteiger partial charge in [-0.1, -0.05) is 27.2 Å². The summed E-state index contributed by atoms with van der Waals surface area (Å²) in [5, 5.41) is 3.27. The number of benzene rings is 1. The molecule has 0 radical (unpaired) electrons. The van der Waals surface area contributed by atoms with Crippen LogP contribution in [0.2, 0.25) is 0 Å². The summed E-state index contributed by atoms with van der Waals surface area (Å²) in [6.45, 7) is 7.87. The molecule has 160 valence electrons. The molecule has 1 aromatic rings. The lowest BCUT2D eigenvalue weighted by molar-refractivity contribution is 0.0737. The van der Waals surface area contributed by atoms with Crippen molar-refractivity contribution >= 4 is 31.9 Å². The lowest BCUT2D eigenvalue weighted by Crippen LogP contribution is -2.52. The van der Waals surface area contributed by atoms with Crippen molar-refractivity contribution in [3.8, 4) is 0 Å². The Hall–Kier alpha value is -0.920. The molecule has 4 rings (SSSR count). The van der Waals surface area contributed by atoms with E-state index in [1.165, 1.54) is 12.5 Å². The van der Waals surface area contributed by atoms with E-state index in [1.54, 1.807) is 16.4 Å². The fourth-order valence-corrected chi connectivity index (χ4v) is 8.43. The number of hydrogen-bond acceptors (Lipinski definition) is 3. The molecule has 2 saturated carbocycles. The summed E-state index contributed by atoms with van der Waals surface area (Å²) in [7, 11) is -3.61. The van der Waals surface area contributed by atoms with Gasteiger partial charge in [0.15, 0.2) is 0 Å². The van der Waals surface area contributed by atoms with Gasteiger partial charge in [-0.25, -0.2) is 8.42 Å². The third kappa shape index (κ3) is 3.57. The number of fused-ring (bicyclic) bond motifs is 2. The Morgan fingerprint density at radius 2 is 1.86 bits per heavy atom. The summed E-state index contributed by atoms with van der Waals surface area (Å²) in [6.07, 6.45) is 6.35. The van der Waals surface area contributed by atoms with Crippen LogP contribution in [0.5, 0.6) is 0 Å². The second-order valence-corrected chi connectivity index (χ2v) is 12.7. The molecule has 1 aliphatic heterocycles. The van der Waals surface area contributed by atoms with E-state index in [0.29, 0.717) is 29.0 Å². The maximum absolute atomic E-state index is 13.1. The SMILES string of the molecule is CC1(C)[C@@H]2CC[C@@](C)(C2)[C@@H]1NC(=O)c1ccc(Br)c(S(=O)(=O)N2CCCCC2)c1. The maximum Gasteiger partial charge on any atom is 0.251 e. The van der Waals surface area contributed by atoms with Gasteiger partial charge in [-0.3, -0.25) is 4.79 Å². The molecule has 2 aliphatic carbocycles. The van der Waals surface area contributed by atoms with Crippen molar-refractivity contribution in [1.82, 2.24) is 9.62 Å². The molecular weight excluding hydrogens is 452 g/mol. The summed E-state index contributed by atoms with van der Waals surface area (Å²) in [5.41, 5.74) is 0.591. The van der Waals surface area contributed by atoms with Gasteiger partial charge in [0.05, 0.1) is 4.90 Å². The van der Waals surface area contributed by atoms with E-state index in [9.17, 15) is 13.2 Å². The largest absolute Gasteiger partial charge is 0.348 e. The van der Waals surface area contributed by atoms with Crippen molar-refractivity contribution in [2.45, 2.75) is 70.2 Å². The third-order valence-electron chi connectivity index (χ3n) is 7.67. The summed E-state index contributed by atoms with van der Waals surface area (Å²) >= 11 is 3.39. The number of nitrogens with zero attached hydrogens (tertiary/aromatic N) is 1. The number of hydrogen-bond donors (Lipinski definition) is 1. The lowest BCUT2D eigenvalue weighted by atomic mass is 9.68. The van der Waals surface area contributed by atoms with Crippen LogP contribution in [0.4, 0.5) is 0 Å². The molecule has 7 heteroatoms. The molecule has 3 aliphatic rings. The van der Waals surface area contributed by atoms with Crippen molar-refractivity contribution in [1.29, 1.82) is 0 Å². The molecular formula is C22H31BrN2O3S. The van der Waals surface area contributed by atoms with Crippen LogP contribution in [0, 0.1) is 16.7 Å². The van der Waals surface area contributed by atoms with Gasteiger partial charge in [0.25, 0.3) is 5.91 Å². The Morgan fingerprint density at radius 3 is 2.48 bits per heavy atom. The second-order valence-electron chi connectivity index (χ2n) is 9.93. The Kier molecular flexibility index (Phi) is 5.40. The van der Waals surface area contributed by atoms with Crippen molar-refractivity contribution in [3.05, 3.63) is 28.2 Å². The summed E-state index contributed by atoms with van der Waals surface area (Å²) < 4.78 is 28.3. The Morgan fingerprint density at radius 1 is 1.17 bits per heavy atom. The van der Waals surface area contributed by atoms with Crippen molar-refractivity contribution in [2.75, 3.05) is 13.1 Å². The van der Waals surface area contributed by atoms with E-state index < -0.39 is 10.0 Å². The predicted octanol–water partition coefficient (Wildman–Crippen LogP) is 4.57. The first-order valence-electron chi connectivity index (χ1n) is 10.7. The first kappa shape index (κ1) is 21.3. The van der Waals surface area contributed by atoms with E-state index >= 15 is 0 Å². The minimum atomic E-state index is -3.61. The molecule has 1 heterocycles. The van der Waals surface area contributed by atoms with Crippen molar-refractivity contribution in [3.63, 3.8) is 0 Å². The van der Waals surface area contributed by atoms with Gasteiger partial charge in [0.2, 0.25) is 10.0 Å². The number of piperidine rings is 1. The van der Waals surface area contributed by atoms with Gasteiger partial charge in [-0.05, 0) is 83.0 Å². The molecule has 1 aromatic carbocycles. The van der Waals surface area contributed by atoms with Crippen LogP contribution in [0.15, 0.2) is 27.6 Å². The number of amides is 1. The fraction of sp³-hybridized carbons (Fsp3) is 0.682. The number of sulfonamides is 1. The van der Waals surface area contributed by atoms with Gasteiger partial charge in [-0.15, -0.1) is 0 Å². The second kappa shape index (κ2) is 7.34. The minimum absolute atomic E-state index is 0.0563. The van der Waals surface area contributed by atoms with Crippen LogP contribution in [0.1, 0.15) is 69.7 Å². The average Bonchev–Trinajstić information content (AvgIpc) is 3.17. The Labute approximate surface area is 182 Å². The molecule has 1 amide bonds. The van der Waals surface area contributed by atoms with Crippen molar-refractivity contribution < 1.29 is 13.2 Å². The summed E-state index contributed by atoms with van der Waals surface area (Å²) in [5.74, 6) is 0.456. The molecule has 3 fully saturated rings. The maximum atomic E-state index is 13.1. The summed E-state index contributed by atoms with van der Waals surface area (Å²) in [4.78, 5) is 13.3. The molecule has 2 bridgehead atoms. The highest BCUT2D eigenvalue weighted by molar-refractivity contribution is 9.10. The smallest absolute Gasteiger partial charge is 0.251 e. The molecule has 5 nitrogen and oxygen atoms in total. The molecule has 0 spiro atoms. The van der Waals surface area contributed by atoms with Gasteiger partial charge in [-0.2, -0.15) is 4.31 Å². The molecule has 29 heavy (non-hydrogen) atoms. The Bertz CT molecular complexity index is 919. The number of carbonyl (C=O) groups excluding carboxylic acids is 1. The van der Waals surface area contributed by atoms with Crippen LogP contribution in [-0.4, -0.2) is 37.8 Å². The van der Waals surface area contributed by atoms with Crippen molar-refractivity contribution in [2.24, 2.45) is 16.7 Å². The number of carbonyl (C=O) groups is 1. The van der Waals surface area contributed by atoms with E-state index in [2.05, 4.69) is 42.0 Å². The highest BCUT2D eigenvalue weighted by atomic mass is 79.9. The number of rotatable bonds is 4. The lowest BCUT2D eigenvalue weighted by Gasteiger charge is -2.43. The topological polar surface area (TPSA) is 66.5 Å². The molecule has 0 aromatic heterocycles. The molecule has 1 N–H and O–H groups in total. The van der Waals surface area contributed by atoms with Gasteiger partial charge >= 0.3 is 0 Å². The monoisotopic (exact) mass is 482 g/mol. The normalized spacial score (nSPS) is 31.7. The van der Waals surface area contributed by atoms with E-state index in [0.717, 1.165) is 32.1 Å². The van der Waals surface area contributed by atoms with E-state index in [-0.39, 0.29) is 27.7 Å². The highest BCUT2D eigenvalue weighted by Gasteiger charge is 2.59. The average molecular weight is 483 g/mol. The van der Waals surface area contributed by atoms with E-state index in [1.807, 2.05) is 0 Å². The van der Waals surface area contributed by atoms with Crippen LogP contribution < -0.4 is 5.32 Å². The van der Waals surface area contributed by atoms with E-state index in [4.69, 9.17) is 0 Å². The predicted molar refractivity (Wildman–Crippen MR) is 117 cm³/mol. The van der Waals surface area contributed by atoms with Crippen LogP contribution in [-0.2, 0) is 10.0 Å². The standard InChI is InChI=1S/C22H31BrN2O3S/c1-21(2)16-9-10-22(3,14-16)20(21)24-19(26)15-7-8-17(23)18(13-15)29(27,28)25-11-5-4-6-12-25/h7-8,13,16,20H,4-6,9-12,14H2,1-3H3,(H,24,26)/t16-,20-,22+/m1/s1. The van der Waals surface area contributed by atoms with Gasteiger partial charge in [0.1, 0.15) is 0 Å². The molecule has 3 atom stereocenters. The zero-order valence-electron chi connectivity index (χ0n) is 17.5. The fourth-order valence-electron chi connectivity index (χ4n) is 5.96. The Balaban J connectivity index is 1.60. The zero-order valence-corrected chi connectivity index (χ0v) is 19.9. The third-order valence-corrected chi connectivity index (χ3v) is 10.6. The molecule has 0 unspecified atom stereocenters. The molecule has 1 saturated heterocycles. The number of nitrogens with one attached hydrogen (secondary N) is 1. The van der Waals surface area contributed by atoms with Gasteiger partial charge in [0, 0.05) is 29.2 Å². The van der Waals surface area contributed by atoms with Gasteiger partial charge < -0.3 is 5.32 Å². The summed E-state index contributed by atoms with van der Waals surface area (Å²) in [6, 6.07) is 5.02. The van der Waals surface area contributed by atoms with Crippen LogP contribution >= 0.6 is 15.9 Å². The number of halogens is 1. The quantitative estimate of drug-likeness (QED) is 0.683. The first-order valence-corrected chi connectivity index (χ1v) is 12.9. The highest BCUT2D eigenvalue weighted by Crippen LogP contribution is 2.62. The minimum Gasteiger partial charge on any atom is -0.348 e. The zero-order chi connectivity index (χ0) is 21.0. The van der Waals surface area contributed by atoms with Crippen LogP contribution in [0.3, 0.4) is 0 Å².